The number of hydrogen-bond acceptors (Lipinski definition) is 2. The van der Waals surface area contributed by atoms with E-state index in [9.17, 15) is 9.59 Å². The van der Waals surface area contributed by atoms with Gasteiger partial charge in [-0.15, -0.1) is 0 Å². The van der Waals surface area contributed by atoms with Crippen molar-refractivity contribution in [1.29, 1.82) is 0 Å². The summed E-state index contributed by atoms with van der Waals surface area (Å²) in [5, 5.41) is 2.84. The topological polar surface area (TPSA) is 49.4 Å². The largest absolute Gasteiger partial charge is 0.355 e. The van der Waals surface area contributed by atoms with Gasteiger partial charge in [0, 0.05) is 19.5 Å². The standard InChI is InChI=1S/C18H28N2O2/c1-5-8-17(21)20(16(6-2)18(22)19-7-3)13-15-11-9-14(4)10-12-15/h9-12,16H,5-8,13H2,1-4H3,(H,19,22)/t16-/m0/s1. The molecule has 1 aromatic carbocycles. The first-order chi connectivity index (χ1) is 10.5. The Morgan fingerprint density at radius 2 is 1.77 bits per heavy atom. The van der Waals surface area contributed by atoms with Gasteiger partial charge in [-0.2, -0.15) is 0 Å². The molecule has 0 spiro atoms. The molecule has 122 valence electrons. The van der Waals surface area contributed by atoms with Crippen LogP contribution >= 0.6 is 0 Å². The second-order valence-corrected chi connectivity index (χ2v) is 5.58. The number of rotatable bonds is 8. The van der Waals surface area contributed by atoms with Gasteiger partial charge in [0.1, 0.15) is 6.04 Å². The Morgan fingerprint density at radius 1 is 1.14 bits per heavy atom. The molecule has 0 aliphatic carbocycles. The quantitative estimate of drug-likeness (QED) is 0.802. The number of nitrogens with one attached hydrogen (secondary N) is 1. The Morgan fingerprint density at radius 3 is 2.27 bits per heavy atom. The van der Waals surface area contributed by atoms with E-state index in [1.807, 2.05) is 52.0 Å². The SMILES string of the molecule is CCCC(=O)N(Cc1ccc(C)cc1)[C@@H](CC)C(=O)NCC. The number of carbonyl (C=O) groups excluding carboxylic acids is 2. The van der Waals surface area contributed by atoms with Crippen molar-refractivity contribution < 1.29 is 9.59 Å². The Kier molecular flexibility index (Phi) is 7.64. The molecule has 4 nitrogen and oxygen atoms in total. The summed E-state index contributed by atoms with van der Waals surface area (Å²) >= 11 is 0. The van der Waals surface area contributed by atoms with E-state index in [1.54, 1.807) is 4.90 Å². The molecule has 0 fully saturated rings. The van der Waals surface area contributed by atoms with Gasteiger partial charge in [0.2, 0.25) is 11.8 Å². The molecule has 0 radical (unpaired) electrons. The van der Waals surface area contributed by atoms with Gasteiger partial charge in [-0.1, -0.05) is 43.7 Å². The molecular weight excluding hydrogens is 276 g/mol. The van der Waals surface area contributed by atoms with Gasteiger partial charge < -0.3 is 10.2 Å². The maximum atomic E-state index is 12.5. The Labute approximate surface area is 133 Å². The molecule has 4 heteroatoms. The fourth-order valence-corrected chi connectivity index (χ4v) is 2.46. The first kappa shape index (κ1) is 18.2. The predicted octanol–water partition coefficient (Wildman–Crippen LogP) is 3.04. The zero-order valence-electron chi connectivity index (χ0n) is 14.2. The average Bonchev–Trinajstić information content (AvgIpc) is 2.49. The third-order valence-electron chi connectivity index (χ3n) is 3.67. The van der Waals surface area contributed by atoms with E-state index < -0.39 is 6.04 Å². The maximum Gasteiger partial charge on any atom is 0.242 e. The van der Waals surface area contributed by atoms with Crippen LogP contribution in [-0.4, -0.2) is 29.3 Å². The van der Waals surface area contributed by atoms with Crippen LogP contribution in [0.5, 0.6) is 0 Å². The smallest absolute Gasteiger partial charge is 0.242 e. The minimum atomic E-state index is -0.402. The van der Waals surface area contributed by atoms with Crippen LogP contribution in [0.15, 0.2) is 24.3 Å². The second kappa shape index (κ2) is 9.23. The fraction of sp³-hybridized carbons (Fsp3) is 0.556. The molecule has 0 aromatic heterocycles. The number of likely N-dealkylation sites (N-methyl/N-ethyl adjacent to an activating group) is 1. The number of carbonyl (C=O) groups is 2. The number of nitrogens with zero attached hydrogens (tertiary/aromatic N) is 1. The summed E-state index contributed by atoms with van der Waals surface area (Å²) in [6, 6.07) is 7.70. The number of aryl methyl sites for hydroxylation is 1. The third kappa shape index (κ3) is 5.17. The molecule has 0 aliphatic heterocycles. The molecule has 0 aliphatic rings. The van der Waals surface area contributed by atoms with Crippen molar-refractivity contribution in [1.82, 2.24) is 10.2 Å². The maximum absolute atomic E-state index is 12.5. The minimum Gasteiger partial charge on any atom is -0.355 e. The molecule has 1 N–H and O–H groups in total. The first-order valence-corrected chi connectivity index (χ1v) is 8.16. The lowest BCUT2D eigenvalue weighted by Gasteiger charge is -2.30. The van der Waals surface area contributed by atoms with E-state index in [0.717, 1.165) is 12.0 Å². The van der Waals surface area contributed by atoms with Gasteiger partial charge in [0.25, 0.3) is 0 Å². The molecule has 1 atom stereocenters. The summed E-state index contributed by atoms with van der Waals surface area (Å²) in [7, 11) is 0. The summed E-state index contributed by atoms with van der Waals surface area (Å²) in [5.41, 5.74) is 2.24. The molecule has 0 bridgehead atoms. The number of hydrogen-bond donors (Lipinski definition) is 1. The van der Waals surface area contributed by atoms with Crippen molar-refractivity contribution in [2.75, 3.05) is 6.54 Å². The van der Waals surface area contributed by atoms with Crippen molar-refractivity contribution in [3.63, 3.8) is 0 Å². The van der Waals surface area contributed by atoms with E-state index in [2.05, 4.69) is 5.32 Å². The lowest BCUT2D eigenvalue weighted by Crippen LogP contribution is -2.48. The van der Waals surface area contributed by atoms with Crippen LogP contribution in [0.1, 0.15) is 51.2 Å². The van der Waals surface area contributed by atoms with Crippen LogP contribution in [0.3, 0.4) is 0 Å². The van der Waals surface area contributed by atoms with Crippen molar-refractivity contribution in [3.05, 3.63) is 35.4 Å². The van der Waals surface area contributed by atoms with Gasteiger partial charge in [0.15, 0.2) is 0 Å². The molecule has 0 saturated heterocycles. The van der Waals surface area contributed by atoms with Gasteiger partial charge in [0.05, 0.1) is 0 Å². The summed E-state index contributed by atoms with van der Waals surface area (Å²) in [6.07, 6.45) is 1.88. The van der Waals surface area contributed by atoms with Gasteiger partial charge in [-0.25, -0.2) is 0 Å². The monoisotopic (exact) mass is 304 g/mol. The summed E-state index contributed by atoms with van der Waals surface area (Å²) in [4.78, 5) is 26.5. The molecule has 1 aromatic rings. The van der Waals surface area contributed by atoms with Gasteiger partial charge in [-0.3, -0.25) is 9.59 Å². The Balaban J connectivity index is 2.97. The van der Waals surface area contributed by atoms with Crippen LogP contribution in [0, 0.1) is 6.92 Å². The molecule has 0 unspecified atom stereocenters. The Bertz CT molecular complexity index is 482. The first-order valence-electron chi connectivity index (χ1n) is 8.16. The van der Waals surface area contributed by atoms with E-state index in [1.165, 1.54) is 5.56 Å². The van der Waals surface area contributed by atoms with Crippen LogP contribution < -0.4 is 5.32 Å². The number of benzene rings is 1. The fourth-order valence-electron chi connectivity index (χ4n) is 2.46. The van der Waals surface area contributed by atoms with Crippen molar-refractivity contribution in [2.45, 2.75) is 59.5 Å². The molecule has 2 amide bonds. The van der Waals surface area contributed by atoms with Crippen LogP contribution in [0.25, 0.3) is 0 Å². The highest BCUT2D eigenvalue weighted by Gasteiger charge is 2.27. The van der Waals surface area contributed by atoms with Crippen molar-refractivity contribution in [2.24, 2.45) is 0 Å². The zero-order valence-corrected chi connectivity index (χ0v) is 14.2. The Hall–Kier alpha value is -1.84. The summed E-state index contributed by atoms with van der Waals surface area (Å²) in [6.45, 7) is 8.91. The highest BCUT2D eigenvalue weighted by atomic mass is 16.2. The average molecular weight is 304 g/mol. The normalized spacial score (nSPS) is 11.8. The lowest BCUT2D eigenvalue weighted by atomic mass is 10.1. The van der Waals surface area contributed by atoms with E-state index >= 15 is 0 Å². The van der Waals surface area contributed by atoms with Crippen LogP contribution in [0.2, 0.25) is 0 Å². The van der Waals surface area contributed by atoms with Crippen LogP contribution in [-0.2, 0) is 16.1 Å². The highest BCUT2D eigenvalue weighted by molar-refractivity contribution is 5.87. The molecular formula is C18H28N2O2. The molecule has 22 heavy (non-hydrogen) atoms. The summed E-state index contributed by atoms with van der Waals surface area (Å²) < 4.78 is 0. The van der Waals surface area contributed by atoms with E-state index in [-0.39, 0.29) is 11.8 Å². The van der Waals surface area contributed by atoms with E-state index in [4.69, 9.17) is 0 Å². The van der Waals surface area contributed by atoms with E-state index in [0.29, 0.717) is 25.9 Å². The molecule has 0 heterocycles. The minimum absolute atomic E-state index is 0.0428. The zero-order chi connectivity index (χ0) is 16.5. The second-order valence-electron chi connectivity index (χ2n) is 5.58. The van der Waals surface area contributed by atoms with Crippen molar-refractivity contribution >= 4 is 11.8 Å². The molecule has 0 saturated carbocycles. The lowest BCUT2D eigenvalue weighted by molar-refractivity contribution is -0.141. The van der Waals surface area contributed by atoms with Crippen LogP contribution in [0.4, 0.5) is 0 Å². The highest BCUT2D eigenvalue weighted by Crippen LogP contribution is 2.14. The van der Waals surface area contributed by atoms with Crippen molar-refractivity contribution in [3.8, 4) is 0 Å². The predicted molar refractivity (Wildman–Crippen MR) is 89.4 cm³/mol. The summed E-state index contributed by atoms with van der Waals surface area (Å²) in [5.74, 6) is -0.0252. The van der Waals surface area contributed by atoms with Gasteiger partial charge >= 0.3 is 0 Å². The number of amides is 2. The van der Waals surface area contributed by atoms with Gasteiger partial charge in [-0.05, 0) is 32.3 Å². The molecule has 1 rings (SSSR count). The third-order valence-corrected chi connectivity index (χ3v) is 3.67.